The van der Waals surface area contributed by atoms with E-state index in [-0.39, 0.29) is 5.60 Å². The maximum atomic E-state index is 6.01. The third kappa shape index (κ3) is 4.26. The summed E-state index contributed by atoms with van der Waals surface area (Å²) in [6.45, 7) is 9.20. The summed E-state index contributed by atoms with van der Waals surface area (Å²) < 4.78 is 5.89. The van der Waals surface area contributed by atoms with Gasteiger partial charge in [0.25, 0.3) is 0 Å². The van der Waals surface area contributed by atoms with Crippen LogP contribution in [0.3, 0.4) is 0 Å². The number of nitrogens with two attached hydrogens (primary N) is 1. The van der Waals surface area contributed by atoms with Crippen LogP contribution in [0, 0.1) is 0 Å². The highest BCUT2D eigenvalue weighted by Crippen LogP contribution is 2.30. The zero-order chi connectivity index (χ0) is 15.5. The second-order valence-corrected chi connectivity index (χ2v) is 6.86. The van der Waals surface area contributed by atoms with Gasteiger partial charge in [-0.15, -0.1) is 0 Å². The third-order valence-electron chi connectivity index (χ3n) is 3.93. The molecule has 1 fully saturated rings. The molecule has 0 bridgehead atoms. The van der Waals surface area contributed by atoms with E-state index in [4.69, 9.17) is 10.5 Å². The molecule has 0 aliphatic heterocycles. The zero-order valence-corrected chi connectivity index (χ0v) is 13.9. The lowest BCUT2D eigenvalue weighted by Crippen LogP contribution is -2.37. The number of hydrogen-bond donors (Lipinski definition) is 1. The Balaban J connectivity index is 2.23. The molecule has 0 atom stereocenters. The average Bonchev–Trinajstić information content (AvgIpc) is 2.43. The van der Waals surface area contributed by atoms with E-state index in [1.54, 1.807) is 0 Å². The van der Waals surface area contributed by atoms with Gasteiger partial charge in [-0.05, 0) is 52.7 Å². The molecular weight excluding hydrogens is 262 g/mol. The molecule has 1 saturated carbocycles. The Morgan fingerprint density at radius 1 is 1.24 bits per heavy atom. The Morgan fingerprint density at radius 3 is 2.48 bits per heavy atom. The van der Waals surface area contributed by atoms with E-state index in [1.165, 1.54) is 32.1 Å². The molecule has 0 aromatic carbocycles. The molecule has 118 valence electrons. The first-order valence-electron chi connectivity index (χ1n) is 8.13. The molecule has 1 aromatic rings. The lowest BCUT2D eigenvalue weighted by Gasteiger charge is -2.35. The van der Waals surface area contributed by atoms with Crippen LogP contribution in [-0.4, -0.2) is 23.2 Å². The Kier molecular flexibility index (Phi) is 4.96. The zero-order valence-electron chi connectivity index (χ0n) is 13.9. The Labute approximate surface area is 128 Å². The molecule has 1 heterocycles. The van der Waals surface area contributed by atoms with E-state index < -0.39 is 0 Å². The molecule has 0 spiro atoms. The summed E-state index contributed by atoms with van der Waals surface area (Å²) in [5.41, 5.74) is 6.33. The minimum Gasteiger partial charge on any atom is -0.470 e. The first kappa shape index (κ1) is 15.9. The van der Waals surface area contributed by atoms with Crippen molar-refractivity contribution in [3.8, 4) is 5.88 Å². The lowest BCUT2D eigenvalue weighted by molar-refractivity contribution is 0.125. The van der Waals surface area contributed by atoms with Crippen LogP contribution in [0.4, 0.5) is 11.5 Å². The number of hydrogen-bond acceptors (Lipinski definition) is 4. The van der Waals surface area contributed by atoms with Crippen molar-refractivity contribution in [2.24, 2.45) is 0 Å². The van der Waals surface area contributed by atoms with Crippen molar-refractivity contribution >= 4 is 11.5 Å². The molecule has 1 aliphatic rings. The van der Waals surface area contributed by atoms with E-state index in [0.717, 1.165) is 12.4 Å². The van der Waals surface area contributed by atoms with Crippen LogP contribution in [0.1, 0.15) is 59.8 Å². The van der Waals surface area contributed by atoms with Gasteiger partial charge in [0.2, 0.25) is 5.88 Å². The lowest BCUT2D eigenvalue weighted by atomic mass is 9.94. The number of aromatic nitrogens is 1. The fourth-order valence-electron chi connectivity index (χ4n) is 2.97. The topological polar surface area (TPSA) is 51.4 Å². The fourth-order valence-corrected chi connectivity index (χ4v) is 2.97. The maximum Gasteiger partial charge on any atom is 0.239 e. The van der Waals surface area contributed by atoms with Gasteiger partial charge in [0.05, 0.1) is 5.69 Å². The van der Waals surface area contributed by atoms with E-state index in [2.05, 4.69) is 16.8 Å². The molecule has 4 heteroatoms. The van der Waals surface area contributed by atoms with Crippen LogP contribution in [0.2, 0.25) is 0 Å². The molecule has 4 nitrogen and oxygen atoms in total. The number of nitrogen functional groups attached to an aromatic ring is 1. The van der Waals surface area contributed by atoms with Crippen molar-refractivity contribution in [3.63, 3.8) is 0 Å². The molecule has 0 saturated heterocycles. The maximum absolute atomic E-state index is 6.01. The molecule has 1 aliphatic carbocycles. The van der Waals surface area contributed by atoms with Crippen LogP contribution in [0.15, 0.2) is 12.1 Å². The first-order valence-corrected chi connectivity index (χ1v) is 8.13. The van der Waals surface area contributed by atoms with Gasteiger partial charge in [-0.1, -0.05) is 19.3 Å². The fraction of sp³-hybridized carbons (Fsp3) is 0.706. The highest BCUT2D eigenvalue weighted by Gasteiger charge is 2.23. The number of anilines is 2. The van der Waals surface area contributed by atoms with Gasteiger partial charge in [0, 0.05) is 12.6 Å². The minimum absolute atomic E-state index is 0.290. The number of nitrogens with zero attached hydrogens (tertiary/aromatic N) is 2. The summed E-state index contributed by atoms with van der Waals surface area (Å²) in [4.78, 5) is 7.08. The molecule has 1 aromatic heterocycles. The smallest absolute Gasteiger partial charge is 0.239 e. The number of ether oxygens (including phenoxy) is 1. The van der Waals surface area contributed by atoms with Crippen LogP contribution in [0.5, 0.6) is 5.88 Å². The van der Waals surface area contributed by atoms with Gasteiger partial charge < -0.3 is 15.4 Å². The Bertz CT molecular complexity index is 462. The molecule has 0 amide bonds. The Hall–Kier alpha value is -1.45. The monoisotopic (exact) mass is 291 g/mol. The Morgan fingerprint density at radius 2 is 1.90 bits per heavy atom. The van der Waals surface area contributed by atoms with Crippen molar-refractivity contribution in [2.75, 3.05) is 17.2 Å². The quantitative estimate of drug-likeness (QED) is 0.911. The van der Waals surface area contributed by atoms with Gasteiger partial charge in [-0.2, -0.15) is 4.98 Å². The molecule has 0 radical (unpaired) electrons. The SMILES string of the molecule is CCN(c1ccc(N)c(OC(C)(C)C)n1)C1CCCCC1. The summed E-state index contributed by atoms with van der Waals surface area (Å²) in [5.74, 6) is 1.53. The van der Waals surface area contributed by atoms with Crippen LogP contribution >= 0.6 is 0 Å². The standard InChI is InChI=1S/C17H29N3O/c1-5-20(13-9-7-6-8-10-13)15-12-11-14(18)16(19-15)21-17(2,3)4/h11-13H,5-10,18H2,1-4H3. The number of rotatable bonds is 4. The van der Waals surface area contributed by atoms with Crippen LogP contribution < -0.4 is 15.4 Å². The molecule has 21 heavy (non-hydrogen) atoms. The molecule has 0 unspecified atom stereocenters. The second-order valence-electron chi connectivity index (χ2n) is 6.86. The predicted molar refractivity (Wildman–Crippen MR) is 88.9 cm³/mol. The normalized spacial score (nSPS) is 16.8. The van der Waals surface area contributed by atoms with Crippen molar-refractivity contribution in [1.82, 2.24) is 4.98 Å². The third-order valence-corrected chi connectivity index (χ3v) is 3.93. The summed E-state index contributed by atoms with van der Waals surface area (Å²) in [6.07, 6.45) is 6.52. The molecule has 2 N–H and O–H groups in total. The van der Waals surface area contributed by atoms with Crippen LogP contribution in [-0.2, 0) is 0 Å². The molecule has 2 rings (SSSR count). The van der Waals surface area contributed by atoms with Crippen molar-refractivity contribution in [1.29, 1.82) is 0 Å². The first-order chi connectivity index (χ1) is 9.90. The van der Waals surface area contributed by atoms with E-state index >= 15 is 0 Å². The van der Waals surface area contributed by atoms with Crippen molar-refractivity contribution < 1.29 is 4.74 Å². The molecular formula is C17H29N3O. The summed E-state index contributed by atoms with van der Waals surface area (Å²) in [6, 6.07) is 4.53. The summed E-state index contributed by atoms with van der Waals surface area (Å²) in [7, 11) is 0. The highest BCUT2D eigenvalue weighted by atomic mass is 16.5. The summed E-state index contributed by atoms with van der Waals surface area (Å²) >= 11 is 0. The van der Waals surface area contributed by atoms with Crippen molar-refractivity contribution in [3.05, 3.63) is 12.1 Å². The second kappa shape index (κ2) is 6.54. The van der Waals surface area contributed by atoms with Crippen molar-refractivity contribution in [2.45, 2.75) is 71.4 Å². The van der Waals surface area contributed by atoms with E-state index in [0.29, 0.717) is 17.6 Å². The average molecular weight is 291 g/mol. The minimum atomic E-state index is -0.290. The van der Waals surface area contributed by atoms with Gasteiger partial charge in [0.15, 0.2) is 0 Å². The van der Waals surface area contributed by atoms with Gasteiger partial charge >= 0.3 is 0 Å². The van der Waals surface area contributed by atoms with Crippen LogP contribution in [0.25, 0.3) is 0 Å². The number of pyridine rings is 1. The largest absolute Gasteiger partial charge is 0.470 e. The van der Waals surface area contributed by atoms with Gasteiger partial charge in [-0.25, -0.2) is 0 Å². The summed E-state index contributed by atoms with van der Waals surface area (Å²) in [5, 5.41) is 0. The van der Waals surface area contributed by atoms with Gasteiger partial charge in [0.1, 0.15) is 11.4 Å². The van der Waals surface area contributed by atoms with Gasteiger partial charge in [-0.3, -0.25) is 0 Å². The van der Waals surface area contributed by atoms with E-state index in [1.807, 2.05) is 32.9 Å². The predicted octanol–water partition coefficient (Wildman–Crippen LogP) is 4.00. The highest BCUT2D eigenvalue weighted by molar-refractivity contribution is 5.55. The van der Waals surface area contributed by atoms with E-state index in [9.17, 15) is 0 Å².